The molecule has 2 rings (SSSR count). The minimum absolute atomic E-state index is 0.0775. The molecular weight excluding hydrogens is 789 g/mol. The lowest BCUT2D eigenvalue weighted by Crippen LogP contribution is -2.39. The number of rotatable bonds is 36. The van der Waals surface area contributed by atoms with Crippen molar-refractivity contribution in [1.29, 1.82) is 0 Å². The molecule has 2 aromatic rings. The van der Waals surface area contributed by atoms with Gasteiger partial charge in [0.2, 0.25) is 0 Å². The first-order valence-corrected chi connectivity index (χ1v) is 26.6. The largest absolute Gasteiger partial charge is 0.478 e. The predicted molar refractivity (Wildman–Crippen MR) is 267 cm³/mol. The van der Waals surface area contributed by atoms with Gasteiger partial charge in [0.15, 0.2) is 0 Å². The monoisotopic (exact) mass is 887 g/mol. The number of aromatic carboxylic acids is 2. The second kappa shape index (κ2) is 38.9. The fraction of sp³-hybridized carbons (Fsp3) is 0.741. The third kappa shape index (κ3) is 32.2. The van der Waals surface area contributed by atoms with Gasteiger partial charge in [-0.25, -0.2) is 13.8 Å². The minimum atomic E-state index is -1.87. The number of quaternary nitrogens is 2. The van der Waals surface area contributed by atoms with E-state index in [1.165, 1.54) is 251 Å². The van der Waals surface area contributed by atoms with Crippen LogP contribution in [-0.4, -0.2) is 89.7 Å². The van der Waals surface area contributed by atoms with E-state index >= 15 is 0 Å². The van der Waals surface area contributed by atoms with Crippen LogP contribution in [0, 0.1) is 0 Å². The van der Waals surface area contributed by atoms with E-state index in [-0.39, 0.29) is 20.9 Å². The average molecular weight is 887 g/mol. The summed E-state index contributed by atoms with van der Waals surface area (Å²) in [6, 6.07) is 11.7. The summed E-state index contributed by atoms with van der Waals surface area (Å²) in [7, 11) is 7.53. The van der Waals surface area contributed by atoms with Crippen LogP contribution in [0.4, 0.5) is 0 Å². The number of carboxylic acid groups (broad SMARTS) is 2. The van der Waals surface area contributed by atoms with E-state index in [1.807, 2.05) is 0 Å². The molecule has 0 spiro atoms. The Morgan fingerprint density at radius 3 is 0.855 bits per heavy atom. The highest BCUT2D eigenvalue weighted by molar-refractivity contribution is 7.85. The Balaban J connectivity index is 0.000000900. The molecule has 0 aliphatic heterocycles. The zero-order valence-electron chi connectivity index (χ0n) is 41.7. The molecule has 0 heterocycles. The van der Waals surface area contributed by atoms with Crippen molar-refractivity contribution in [2.24, 2.45) is 0 Å². The molecule has 0 bridgehead atoms. The van der Waals surface area contributed by atoms with Crippen molar-refractivity contribution in [1.82, 2.24) is 0 Å². The maximum absolute atomic E-state index is 12.5. The molecule has 0 aromatic heterocycles. The van der Waals surface area contributed by atoms with Crippen molar-refractivity contribution in [2.45, 2.75) is 217 Å². The molecule has 0 saturated carbocycles. The van der Waals surface area contributed by atoms with E-state index in [4.69, 9.17) is 10.2 Å². The van der Waals surface area contributed by atoms with Gasteiger partial charge in [0, 0.05) is 0 Å². The number of unbranched alkanes of at least 4 members (excludes halogenated alkanes) is 26. The fourth-order valence-electron chi connectivity index (χ4n) is 7.51. The summed E-state index contributed by atoms with van der Waals surface area (Å²) < 4.78 is 14.9. The van der Waals surface area contributed by atoms with Crippen LogP contribution >= 0.6 is 0 Å². The normalized spacial score (nSPS) is 11.5. The molecule has 0 amide bonds. The molecule has 0 aliphatic rings. The number of hydrogen-bond acceptors (Lipinski definition) is 3. The number of hydrogen-bond donors (Lipinski definition) is 2. The average Bonchev–Trinajstić information content (AvgIpc) is 3.26. The van der Waals surface area contributed by atoms with Crippen molar-refractivity contribution < 1.29 is 33.0 Å². The van der Waals surface area contributed by atoms with E-state index < -0.39 is 22.7 Å². The van der Waals surface area contributed by atoms with Gasteiger partial charge in [-0.2, -0.15) is 0 Å². The molecule has 0 unspecified atom stereocenters. The van der Waals surface area contributed by atoms with Gasteiger partial charge < -0.3 is 19.2 Å². The fourth-order valence-corrected chi connectivity index (χ4v) is 8.86. The molecule has 62 heavy (non-hydrogen) atoms. The first kappa shape index (κ1) is 59.5. The Bertz CT molecular complexity index is 1310. The lowest BCUT2D eigenvalue weighted by atomic mass is 10.0. The van der Waals surface area contributed by atoms with E-state index in [2.05, 4.69) is 55.9 Å². The van der Waals surface area contributed by atoms with Crippen LogP contribution < -0.4 is 0 Å². The van der Waals surface area contributed by atoms with Gasteiger partial charge >= 0.3 is 11.9 Å². The van der Waals surface area contributed by atoms with E-state index in [1.54, 1.807) is 12.1 Å². The summed E-state index contributed by atoms with van der Waals surface area (Å²) in [5.74, 6) is -2.41. The summed E-state index contributed by atoms with van der Waals surface area (Å²) in [6.45, 7) is 14.4. The molecule has 0 radical (unpaired) electrons. The van der Waals surface area contributed by atoms with Gasteiger partial charge in [0.25, 0.3) is 0 Å². The number of nitrogens with zero attached hydrogens (tertiary/aromatic N) is 2. The molecule has 0 saturated heterocycles. The Hall–Kier alpha value is -2.55. The van der Waals surface area contributed by atoms with Gasteiger partial charge in [-0.1, -0.05) is 192 Å². The molecular formula is C54H98N2O5S+2. The van der Waals surface area contributed by atoms with E-state index in [9.17, 15) is 13.8 Å². The van der Waals surface area contributed by atoms with Crippen molar-refractivity contribution in [2.75, 3.05) is 54.4 Å². The van der Waals surface area contributed by atoms with Crippen LogP contribution in [0.25, 0.3) is 0 Å². The van der Waals surface area contributed by atoms with Crippen LogP contribution in [0.1, 0.15) is 228 Å². The third-order valence-corrected chi connectivity index (χ3v) is 14.1. The Morgan fingerprint density at radius 1 is 0.403 bits per heavy atom. The van der Waals surface area contributed by atoms with Crippen LogP contribution in [-0.2, 0) is 10.8 Å². The number of carbonyl (C=O) groups is 2. The maximum atomic E-state index is 12.5. The topological polar surface area (TPSA) is 91.7 Å². The summed E-state index contributed by atoms with van der Waals surface area (Å²) in [5.41, 5.74) is -0.211. The van der Waals surface area contributed by atoms with Gasteiger partial charge in [0.1, 0.15) is 0 Å². The SMILES string of the molecule is CCCCCCCCCCCCCCCC[N+](C)(C)CC.CCCCCCCCCCCCCCCC[N+](C)(C)CC.O=C(O)c1ccccc1S(=O)c1ccccc1C(=O)O. The van der Waals surface area contributed by atoms with E-state index in [0.717, 1.165) is 0 Å². The Kier molecular flexibility index (Phi) is 37.3. The summed E-state index contributed by atoms with van der Waals surface area (Å²) >= 11 is 0. The van der Waals surface area contributed by atoms with Crippen molar-refractivity contribution in [3.8, 4) is 0 Å². The lowest BCUT2D eigenvalue weighted by Gasteiger charge is -2.28. The van der Waals surface area contributed by atoms with Crippen molar-refractivity contribution in [3.05, 3.63) is 59.7 Å². The van der Waals surface area contributed by atoms with Crippen LogP contribution in [0.5, 0.6) is 0 Å². The zero-order valence-corrected chi connectivity index (χ0v) is 42.5. The van der Waals surface area contributed by atoms with Gasteiger partial charge in [0.05, 0.1) is 86.1 Å². The molecule has 0 aliphatic carbocycles. The van der Waals surface area contributed by atoms with Gasteiger partial charge in [-0.3, -0.25) is 0 Å². The van der Waals surface area contributed by atoms with E-state index in [0.29, 0.717) is 0 Å². The highest BCUT2D eigenvalue weighted by atomic mass is 32.2. The van der Waals surface area contributed by atoms with Gasteiger partial charge in [-0.05, 0) is 63.8 Å². The second-order valence-electron chi connectivity index (χ2n) is 19.0. The van der Waals surface area contributed by atoms with Crippen LogP contribution in [0.2, 0.25) is 0 Å². The highest BCUT2D eigenvalue weighted by Crippen LogP contribution is 2.23. The summed E-state index contributed by atoms with van der Waals surface area (Å²) in [4.78, 5) is 22.4. The second-order valence-corrected chi connectivity index (χ2v) is 20.4. The summed E-state index contributed by atoms with van der Waals surface area (Å²) in [5, 5.41) is 18.2. The lowest BCUT2D eigenvalue weighted by molar-refractivity contribution is -0.888. The maximum Gasteiger partial charge on any atom is 0.336 e. The standard InChI is InChI=1S/2C20H44N.C14H10O5S/c2*1-5-7-8-9-10-11-12-13-14-15-16-17-18-19-20-21(3,4)6-2;15-13(16)9-5-1-3-7-11(9)20(19)12-8-4-2-6-10(12)14(17)18/h2*5-20H2,1-4H3;1-8H,(H,15,16)(H,17,18)/q2*+1;. The van der Waals surface area contributed by atoms with Crippen LogP contribution in [0.3, 0.4) is 0 Å². The molecule has 0 atom stereocenters. The number of benzene rings is 2. The van der Waals surface area contributed by atoms with Gasteiger partial charge in [-0.15, -0.1) is 0 Å². The van der Waals surface area contributed by atoms with Crippen LogP contribution in [0.15, 0.2) is 58.3 Å². The predicted octanol–water partition coefficient (Wildman–Crippen LogP) is 15.4. The van der Waals surface area contributed by atoms with Crippen molar-refractivity contribution in [3.63, 3.8) is 0 Å². The van der Waals surface area contributed by atoms with Crippen molar-refractivity contribution >= 4 is 22.7 Å². The highest BCUT2D eigenvalue weighted by Gasteiger charge is 2.21. The quantitative estimate of drug-likeness (QED) is 0.0525. The molecule has 2 N–H and O–H groups in total. The number of carboxylic acids is 2. The molecule has 7 nitrogen and oxygen atoms in total. The minimum Gasteiger partial charge on any atom is -0.478 e. The Morgan fingerprint density at radius 2 is 0.629 bits per heavy atom. The first-order valence-electron chi connectivity index (χ1n) is 25.5. The first-order chi connectivity index (χ1) is 29.8. The molecule has 8 heteroatoms. The summed E-state index contributed by atoms with van der Waals surface area (Å²) in [6.07, 6.45) is 40.8. The zero-order chi connectivity index (χ0) is 46.3. The molecule has 2 aromatic carbocycles. The Labute approximate surface area is 385 Å². The third-order valence-electron chi connectivity index (χ3n) is 12.6. The molecule has 358 valence electrons. The smallest absolute Gasteiger partial charge is 0.336 e. The molecule has 0 fully saturated rings.